The predicted molar refractivity (Wildman–Crippen MR) is 119 cm³/mol. The first-order valence-corrected chi connectivity index (χ1v) is 9.79. The lowest BCUT2D eigenvalue weighted by molar-refractivity contribution is 0.415. The molecule has 2 N–H and O–H groups in total. The standard InChI is InChI=1S/C23H20N6O2/c1-30-18-11-9-16(10-12-18)26-21-20-15-25-29(17-6-3-2-4-7-17)22(20)28-23(27-21)24-14-19-8-5-13-31-19/h2-13,15H,14H2,1H3,(H2,24,26,27,28). The van der Waals surface area contributed by atoms with E-state index in [0.717, 1.165) is 28.3 Å². The van der Waals surface area contributed by atoms with Crippen molar-refractivity contribution in [2.75, 3.05) is 17.7 Å². The number of anilines is 3. The quantitative estimate of drug-likeness (QED) is 0.398. The van der Waals surface area contributed by atoms with Crippen molar-refractivity contribution >= 4 is 28.5 Å². The maximum Gasteiger partial charge on any atom is 0.227 e. The fraction of sp³-hybridized carbons (Fsp3) is 0.0870. The third kappa shape index (κ3) is 3.91. The van der Waals surface area contributed by atoms with Crippen molar-refractivity contribution in [1.82, 2.24) is 19.7 Å². The van der Waals surface area contributed by atoms with Gasteiger partial charge < -0.3 is 19.8 Å². The third-order valence-electron chi connectivity index (χ3n) is 4.78. The molecule has 154 valence electrons. The number of rotatable bonds is 7. The minimum absolute atomic E-state index is 0.470. The molecule has 3 aromatic heterocycles. The van der Waals surface area contributed by atoms with E-state index in [0.29, 0.717) is 24.0 Å². The zero-order valence-corrected chi connectivity index (χ0v) is 16.8. The number of ether oxygens (including phenoxy) is 1. The molecule has 0 spiro atoms. The Kier molecular flexibility index (Phi) is 4.94. The van der Waals surface area contributed by atoms with Gasteiger partial charge in [0.1, 0.15) is 17.3 Å². The number of benzene rings is 2. The summed E-state index contributed by atoms with van der Waals surface area (Å²) in [7, 11) is 1.64. The van der Waals surface area contributed by atoms with E-state index in [-0.39, 0.29) is 0 Å². The Bertz CT molecular complexity index is 1280. The van der Waals surface area contributed by atoms with E-state index in [1.54, 1.807) is 24.3 Å². The Balaban J connectivity index is 1.55. The molecule has 0 fully saturated rings. The average Bonchev–Trinajstić information content (AvgIpc) is 3.49. The summed E-state index contributed by atoms with van der Waals surface area (Å²) in [4.78, 5) is 9.40. The lowest BCUT2D eigenvalue weighted by Gasteiger charge is -2.11. The van der Waals surface area contributed by atoms with Gasteiger partial charge in [-0.2, -0.15) is 15.1 Å². The summed E-state index contributed by atoms with van der Waals surface area (Å²) in [6.45, 7) is 0.472. The molecule has 0 aliphatic heterocycles. The molecule has 5 aromatic rings. The number of nitrogens with zero attached hydrogens (tertiary/aromatic N) is 4. The van der Waals surface area contributed by atoms with E-state index < -0.39 is 0 Å². The molecule has 0 atom stereocenters. The lowest BCUT2D eigenvalue weighted by Crippen LogP contribution is -2.07. The second-order valence-electron chi connectivity index (χ2n) is 6.81. The summed E-state index contributed by atoms with van der Waals surface area (Å²) >= 11 is 0. The molecular weight excluding hydrogens is 392 g/mol. The van der Waals surface area contributed by atoms with E-state index in [1.807, 2.05) is 66.7 Å². The van der Waals surface area contributed by atoms with Gasteiger partial charge in [0, 0.05) is 5.69 Å². The first-order valence-electron chi connectivity index (χ1n) is 9.79. The Labute approximate surface area is 178 Å². The Morgan fingerprint density at radius 3 is 2.55 bits per heavy atom. The van der Waals surface area contributed by atoms with E-state index >= 15 is 0 Å². The second kappa shape index (κ2) is 8.19. The number of methoxy groups -OCH3 is 1. The summed E-state index contributed by atoms with van der Waals surface area (Å²) < 4.78 is 12.4. The number of furan rings is 1. The molecule has 0 saturated heterocycles. The number of fused-ring (bicyclic) bond motifs is 1. The van der Waals surface area contributed by atoms with Crippen LogP contribution in [0.5, 0.6) is 5.75 Å². The van der Waals surface area contributed by atoms with Crippen LogP contribution in [0.2, 0.25) is 0 Å². The summed E-state index contributed by atoms with van der Waals surface area (Å²) in [6, 6.07) is 21.3. The second-order valence-corrected chi connectivity index (χ2v) is 6.81. The lowest BCUT2D eigenvalue weighted by atomic mass is 10.3. The highest BCUT2D eigenvalue weighted by molar-refractivity contribution is 5.90. The molecule has 0 aliphatic rings. The number of hydrogen-bond acceptors (Lipinski definition) is 7. The largest absolute Gasteiger partial charge is 0.497 e. The van der Waals surface area contributed by atoms with Gasteiger partial charge in [-0.1, -0.05) is 18.2 Å². The van der Waals surface area contributed by atoms with E-state index in [1.165, 1.54) is 0 Å². The van der Waals surface area contributed by atoms with Crippen molar-refractivity contribution in [2.24, 2.45) is 0 Å². The van der Waals surface area contributed by atoms with Gasteiger partial charge in [0.25, 0.3) is 0 Å². The zero-order valence-electron chi connectivity index (χ0n) is 16.8. The van der Waals surface area contributed by atoms with Crippen molar-refractivity contribution in [3.05, 3.63) is 85.0 Å². The van der Waals surface area contributed by atoms with Crippen molar-refractivity contribution in [3.8, 4) is 11.4 Å². The Morgan fingerprint density at radius 2 is 1.81 bits per heavy atom. The van der Waals surface area contributed by atoms with Crippen LogP contribution in [0, 0.1) is 0 Å². The maximum absolute atomic E-state index is 5.41. The molecule has 0 saturated carbocycles. The average molecular weight is 412 g/mol. The van der Waals surface area contributed by atoms with Crippen molar-refractivity contribution in [3.63, 3.8) is 0 Å². The molecular formula is C23H20N6O2. The summed E-state index contributed by atoms with van der Waals surface area (Å²) in [5.74, 6) is 2.71. The van der Waals surface area contributed by atoms with Crippen molar-refractivity contribution in [1.29, 1.82) is 0 Å². The highest BCUT2D eigenvalue weighted by Crippen LogP contribution is 2.27. The molecule has 2 aromatic carbocycles. The fourth-order valence-corrected chi connectivity index (χ4v) is 3.23. The van der Waals surface area contributed by atoms with Crippen LogP contribution < -0.4 is 15.4 Å². The SMILES string of the molecule is COc1ccc(Nc2nc(NCc3ccco3)nc3c2cnn3-c2ccccc2)cc1. The number of hydrogen-bond donors (Lipinski definition) is 2. The maximum atomic E-state index is 5.41. The summed E-state index contributed by atoms with van der Waals surface area (Å²) in [5, 5.41) is 12.0. The monoisotopic (exact) mass is 412 g/mol. The first-order chi connectivity index (χ1) is 15.3. The minimum Gasteiger partial charge on any atom is -0.497 e. The minimum atomic E-state index is 0.470. The van der Waals surface area contributed by atoms with Crippen LogP contribution in [0.15, 0.2) is 83.6 Å². The van der Waals surface area contributed by atoms with Crippen molar-refractivity contribution in [2.45, 2.75) is 6.54 Å². The molecule has 0 radical (unpaired) electrons. The fourth-order valence-electron chi connectivity index (χ4n) is 3.23. The van der Waals surface area contributed by atoms with Crippen LogP contribution in [-0.4, -0.2) is 26.9 Å². The molecule has 5 rings (SSSR count). The summed E-state index contributed by atoms with van der Waals surface area (Å²) in [5.41, 5.74) is 2.49. The summed E-state index contributed by atoms with van der Waals surface area (Å²) in [6.07, 6.45) is 3.41. The molecule has 8 heteroatoms. The van der Waals surface area contributed by atoms with Crippen LogP contribution in [0.4, 0.5) is 17.5 Å². The Morgan fingerprint density at radius 1 is 0.968 bits per heavy atom. The molecule has 3 heterocycles. The van der Waals surface area contributed by atoms with Crippen LogP contribution in [0.1, 0.15) is 5.76 Å². The van der Waals surface area contributed by atoms with Gasteiger partial charge in [0.15, 0.2) is 5.65 Å². The van der Waals surface area contributed by atoms with E-state index in [2.05, 4.69) is 20.7 Å². The first kappa shape index (κ1) is 18.7. The number of nitrogens with one attached hydrogen (secondary N) is 2. The Hall–Kier alpha value is -4.33. The zero-order chi connectivity index (χ0) is 21.0. The van der Waals surface area contributed by atoms with Crippen LogP contribution >= 0.6 is 0 Å². The van der Waals surface area contributed by atoms with Gasteiger partial charge in [-0.05, 0) is 48.5 Å². The predicted octanol–water partition coefficient (Wildman–Crippen LogP) is 4.77. The molecule has 0 bridgehead atoms. The topological polar surface area (TPSA) is 90.0 Å². The number of para-hydroxylation sites is 1. The van der Waals surface area contributed by atoms with Crippen LogP contribution in [0.25, 0.3) is 16.7 Å². The molecule has 8 nitrogen and oxygen atoms in total. The normalized spacial score (nSPS) is 10.9. The smallest absolute Gasteiger partial charge is 0.227 e. The van der Waals surface area contributed by atoms with Gasteiger partial charge in [-0.25, -0.2) is 4.68 Å². The van der Waals surface area contributed by atoms with E-state index in [4.69, 9.17) is 14.1 Å². The molecule has 0 aliphatic carbocycles. The molecule has 0 unspecified atom stereocenters. The number of aromatic nitrogens is 4. The van der Waals surface area contributed by atoms with Crippen LogP contribution in [0.3, 0.4) is 0 Å². The van der Waals surface area contributed by atoms with Gasteiger partial charge in [-0.15, -0.1) is 0 Å². The highest BCUT2D eigenvalue weighted by Gasteiger charge is 2.15. The van der Waals surface area contributed by atoms with Crippen LogP contribution in [-0.2, 0) is 6.54 Å². The third-order valence-corrected chi connectivity index (χ3v) is 4.78. The molecule has 0 amide bonds. The van der Waals surface area contributed by atoms with Gasteiger partial charge in [-0.3, -0.25) is 0 Å². The van der Waals surface area contributed by atoms with Gasteiger partial charge in [0.05, 0.1) is 37.2 Å². The highest BCUT2D eigenvalue weighted by atomic mass is 16.5. The van der Waals surface area contributed by atoms with E-state index in [9.17, 15) is 0 Å². The van der Waals surface area contributed by atoms with Crippen molar-refractivity contribution < 1.29 is 9.15 Å². The van der Waals surface area contributed by atoms with Gasteiger partial charge >= 0.3 is 0 Å². The van der Waals surface area contributed by atoms with Gasteiger partial charge in [0.2, 0.25) is 5.95 Å². The molecule has 31 heavy (non-hydrogen) atoms.